The Morgan fingerprint density at radius 3 is 2.57 bits per heavy atom. The molecule has 2 aromatic rings. The molecule has 0 aliphatic heterocycles. The van der Waals surface area contributed by atoms with Crippen molar-refractivity contribution in [2.24, 2.45) is 0 Å². The largest absolute Gasteiger partial charge is 0.495 e. The van der Waals surface area contributed by atoms with E-state index in [2.05, 4.69) is 4.72 Å². The quantitative estimate of drug-likeness (QED) is 0.850. The predicted molar refractivity (Wildman–Crippen MR) is 79.4 cm³/mol. The van der Waals surface area contributed by atoms with E-state index in [4.69, 9.17) is 10.5 Å². The van der Waals surface area contributed by atoms with Gasteiger partial charge in [0, 0.05) is 0 Å². The molecule has 0 aliphatic carbocycles. The van der Waals surface area contributed by atoms with Gasteiger partial charge in [0.2, 0.25) is 0 Å². The fraction of sp³-hybridized carbons (Fsp3) is 0.143. The number of aryl methyl sites for hydroxylation is 1. The molecule has 2 rings (SSSR count). The van der Waals surface area contributed by atoms with E-state index in [1.165, 1.54) is 19.2 Å². The van der Waals surface area contributed by atoms with Crippen LogP contribution in [0.2, 0.25) is 0 Å². The minimum atomic E-state index is -4.15. The van der Waals surface area contributed by atoms with Gasteiger partial charge >= 0.3 is 0 Å². The molecule has 0 spiro atoms. The Hall–Kier alpha value is -2.28. The summed E-state index contributed by atoms with van der Waals surface area (Å²) < 4.78 is 45.8. The summed E-state index contributed by atoms with van der Waals surface area (Å²) in [5.41, 5.74) is 6.46. The Kier molecular flexibility index (Phi) is 4.04. The number of rotatable bonds is 4. The molecule has 0 aliphatic rings. The summed E-state index contributed by atoms with van der Waals surface area (Å²) in [7, 11) is -2.74. The fourth-order valence-corrected chi connectivity index (χ4v) is 3.16. The van der Waals surface area contributed by atoms with Gasteiger partial charge in [-0.05, 0) is 36.8 Å². The number of nitrogens with two attached hydrogens (primary N) is 1. The van der Waals surface area contributed by atoms with Crippen molar-refractivity contribution in [3.63, 3.8) is 0 Å². The van der Waals surface area contributed by atoms with Crippen LogP contribution in [0.5, 0.6) is 5.75 Å². The lowest BCUT2D eigenvalue weighted by Gasteiger charge is -2.14. The molecular formula is C14H15FN2O3S. The van der Waals surface area contributed by atoms with Crippen LogP contribution in [0.1, 0.15) is 5.56 Å². The highest BCUT2D eigenvalue weighted by Gasteiger charge is 2.23. The third-order valence-electron chi connectivity index (χ3n) is 2.87. The minimum Gasteiger partial charge on any atom is -0.495 e. The van der Waals surface area contributed by atoms with E-state index < -0.39 is 20.7 Å². The molecule has 7 heteroatoms. The molecule has 0 amide bonds. The number of nitrogen functional groups attached to an aromatic ring is 1. The van der Waals surface area contributed by atoms with Gasteiger partial charge < -0.3 is 10.5 Å². The van der Waals surface area contributed by atoms with E-state index in [9.17, 15) is 12.8 Å². The maximum Gasteiger partial charge on any atom is 0.267 e. The van der Waals surface area contributed by atoms with Gasteiger partial charge in [0.15, 0.2) is 0 Å². The molecule has 0 unspecified atom stereocenters. The van der Waals surface area contributed by atoms with Gasteiger partial charge in [0.05, 0.1) is 18.5 Å². The molecule has 0 atom stereocenters. The third kappa shape index (κ3) is 3.08. The summed E-state index contributed by atoms with van der Waals surface area (Å²) in [5, 5.41) is 0. The molecule has 0 fully saturated rings. The number of halogens is 1. The molecule has 0 saturated carbocycles. The van der Waals surface area contributed by atoms with Crippen molar-refractivity contribution < 1.29 is 17.5 Å². The lowest BCUT2D eigenvalue weighted by molar-refractivity contribution is 0.417. The normalized spacial score (nSPS) is 11.2. The first-order valence-electron chi connectivity index (χ1n) is 6.06. The second kappa shape index (κ2) is 5.61. The molecule has 3 N–H and O–H groups in total. The van der Waals surface area contributed by atoms with E-state index >= 15 is 0 Å². The number of hydrogen-bond donors (Lipinski definition) is 2. The van der Waals surface area contributed by atoms with Crippen LogP contribution in [0.4, 0.5) is 15.8 Å². The molecule has 5 nitrogen and oxygen atoms in total. The second-order valence-corrected chi connectivity index (χ2v) is 6.09. The number of anilines is 2. The first-order valence-corrected chi connectivity index (χ1v) is 7.55. The number of methoxy groups -OCH3 is 1. The Balaban J connectivity index is 2.50. The SMILES string of the molecule is COc1ccc(C)cc1NS(=O)(=O)c1c(N)cccc1F. The van der Waals surface area contributed by atoms with Crippen molar-refractivity contribution in [2.75, 3.05) is 17.6 Å². The van der Waals surface area contributed by atoms with Crippen molar-refractivity contribution in [2.45, 2.75) is 11.8 Å². The highest BCUT2D eigenvalue weighted by atomic mass is 32.2. The van der Waals surface area contributed by atoms with E-state index in [-0.39, 0.29) is 11.4 Å². The lowest BCUT2D eigenvalue weighted by atomic mass is 10.2. The molecule has 0 heterocycles. The van der Waals surface area contributed by atoms with Gasteiger partial charge in [0.25, 0.3) is 10.0 Å². The molecule has 21 heavy (non-hydrogen) atoms. The summed E-state index contributed by atoms with van der Waals surface area (Å²) in [6.45, 7) is 1.80. The van der Waals surface area contributed by atoms with Crippen molar-refractivity contribution >= 4 is 21.4 Å². The zero-order valence-electron chi connectivity index (χ0n) is 11.6. The minimum absolute atomic E-state index is 0.158. The van der Waals surface area contributed by atoms with E-state index in [1.54, 1.807) is 25.1 Å². The Morgan fingerprint density at radius 1 is 1.24 bits per heavy atom. The van der Waals surface area contributed by atoms with Gasteiger partial charge in [-0.2, -0.15) is 0 Å². The Morgan fingerprint density at radius 2 is 1.95 bits per heavy atom. The number of nitrogens with one attached hydrogen (secondary N) is 1. The molecule has 0 saturated heterocycles. The number of hydrogen-bond acceptors (Lipinski definition) is 4. The summed E-state index contributed by atoms with van der Waals surface area (Å²) >= 11 is 0. The monoisotopic (exact) mass is 310 g/mol. The molecular weight excluding hydrogens is 295 g/mol. The highest BCUT2D eigenvalue weighted by Crippen LogP contribution is 2.30. The van der Waals surface area contributed by atoms with Gasteiger partial charge in [0.1, 0.15) is 16.5 Å². The lowest BCUT2D eigenvalue weighted by Crippen LogP contribution is -2.17. The molecule has 0 aromatic heterocycles. The van der Waals surface area contributed by atoms with Crippen LogP contribution in [0, 0.1) is 12.7 Å². The highest BCUT2D eigenvalue weighted by molar-refractivity contribution is 7.92. The van der Waals surface area contributed by atoms with Crippen LogP contribution in [0.25, 0.3) is 0 Å². The fourth-order valence-electron chi connectivity index (χ4n) is 1.91. The van der Waals surface area contributed by atoms with E-state index in [1.807, 2.05) is 0 Å². The summed E-state index contributed by atoms with van der Waals surface area (Å²) in [6, 6.07) is 8.69. The zero-order valence-corrected chi connectivity index (χ0v) is 12.4. The van der Waals surface area contributed by atoms with Gasteiger partial charge in [-0.3, -0.25) is 4.72 Å². The predicted octanol–water partition coefficient (Wildman–Crippen LogP) is 2.53. The molecule has 112 valence electrons. The number of sulfonamides is 1. The van der Waals surface area contributed by atoms with Crippen LogP contribution in [-0.2, 0) is 10.0 Å². The average molecular weight is 310 g/mol. The van der Waals surface area contributed by atoms with Crippen molar-refractivity contribution in [1.82, 2.24) is 0 Å². The molecule has 0 bridgehead atoms. The summed E-state index contributed by atoms with van der Waals surface area (Å²) in [4.78, 5) is -0.575. The molecule has 2 aromatic carbocycles. The Bertz CT molecular complexity index is 756. The van der Waals surface area contributed by atoms with Crippen LogP contribution in [-0.4, -0.2) is 15.5 Å². The number of ether oxygens (including phenoxy) is 1. The molecule has 0 radical (unpaired) electrons. The standard InChI is InChI=1S/C14H15FN2O3S/c1-9-6-7-13(20-2)12(8-9)17-21(18,19)14-10(15)4-3-5-11(14)16/h3-8,17H,16H2,1-2H3. The van der Waals surface area contributed by atoms with Crippen LogP contribution in [0.3, 0.4) is 0 Å². The first-order chi connectivity index (χ1) is 9.85. The van der Waals surface area contributed by atoms with Gasteiger partial charge in [-0.25, -0.2) is 12.8 Å². The third-order valence-corrected chi connectivity index (χ3v) is 4.32. The summed E-state index contributed by atoms with van der Waals surface area (Å²) in [6.07, 6.45) is 0. The van der Waals surface area contributed by atoms with E-state index in [0.717, 1.165) is 11.6 Å². The topological polar surface area (TPSA) is 81.4 Å². The van der Waals surface area contributed by atoms with Crippen molar-refractivity contribution in [3.05, 3.63) is 47.8 Å². The van der Waals surface area contributed by atoms with Crippen molar-refractivity contribution in [3.8, 4) is 5.75 Å². The zero-order chi connectivity index (χ0) is 15.6. The number of benzene rings is 2. The summed E-state index contributed by atoms with van der Waals surface area (Å²) in [5.74, 6) is -0.576. The van der Waals surface area contributed by atoms with Crippen molar-refractivity contribution in [1.29, 1.82) is 0 Å². The smallest absolute Gasteiger partial charge is 0.267 e. The second-order valence-electron chi connectivity index (χ2n) is 4.47. The maximum absolute atomic E-state index is 13.8. The Labute approximate surface area is 122 Å². The van der Waals surface area contributed by atoms with Crippen LogP contribution >= 0.6 is 0 Å². The first kappa shape index (κ1) is 15.1. The average Bonchev–Trinajstić information content (AvgIpc) is 2.37. The van der Waals surface area contributed by atoms with Crippen LogP contribution in [0.15, 0.2) is 41.3 Å². The van der Waals surface area contributed by atoms with Crippen LogP contribution < -0.4 is 15.2 Å². The van der Waals surface area contributed by atoms with Gasteiger partial charge in [-0.15, -0.1) is 0 Å². The van der Waals surface area contributed by atoms with E-state index in [0.29, 0.717) is 5.75 Å². The van der Waals surface area contributed by atoms with Gasteiger partial charge in [-0.1, -0.05) is 12.1 Å². The maximum atomic E-state index is 13.8.